The SMILES string of the molecule is CCCCCC(C)OC(=O)CCCC(=O)OCC1=CCC2CC1C2(C)C. The van der Waals surface area contributed by atoms with Crippen molar-refractivity contribution in [2.45, 2.75) is 91.6 Å². The monoisotopic (exact) mass is 364 g/mol. The molecule has 0 aromatic carbocycles. The van der Waals surface area contributed by atoms with Gasteiger partial charge in [-0.1, -0.05) is 39.7 Å². The summed E-state index contributed by atoms with van der Waals surface area (Å²) in [7, 11) is 0. The van der Waals surface area contributed by atoms with Crippen LogP contribution in [0.25, 0.3) is 0 Å². The zero-order valence-corrected chi connectivity index (χ0v) is 17.0. The van der Waals surface area contributed by atoms with Crippen molar-refractivity contribution in [2.24, 2.45) is 17.3 Å². The Bertz CT molecular complexity index is 520. The molecule has 0 aliphatic heterocycles. The lowest BCUT2D eigenvalue weighted by Crippen LogP contribution is -2.48. The first-order valence-corrected chi connectivity index (χ1v) is 10.4. The maximum absolute atomic E-state index is 11.9. The molecule has 3 aliphatic rings. The molecule has 3 unspecified atom stereocenters. The molecule has 0 amide bonds. The third-order valence-electron chi connectivity index (χ3n) is 6.29. The molecule has 0 N–H and O–H groups in total. The quantitative estimate of drug-likeness (QED) is 0.287. The zero-order valence-electron chi connectivity index (χ0n) is 17.0. The van der Waals surface area contributed by atoms with Crippen LogP contribution in [-0.2, 0) is 19.1 Å². The predicted molar refractivity (Wildman–Crippen MR) is 103 cm³/mol. The van der Waals surface area contributed by atoms with Crippen LogP contribution in [0.4, 0.5) is 0 Å². The van der Waals surface area contributed by atoms with E-state index in [1.54, 1.807) is 0 Å². The number of carbonyl (C=O) groups excluding carboxylic acids is 2. The smallest absolute Gasteiger partial charge is 0.306 e. The van der Waals surface area contributed by atoms with E-state index in [0.29, 0.717) is 24.4 Å². The molecule has 0 spiro atoms. The van der Waals surface area contributed by atoms with Crippen LogP contribution in [0.2, 0.25) is 0 Å². The summed E-state index contributed by atoms with van der Waals surface area (Å²) in [5, 5.41) is 0. The van der Waals surface area contributed by atoms with Gasteiger partial charge < -0.3 is 9.47 Å². The first kappa shape index (κ1) is 21.0. The Morgan fingerprint density at radius 2 is 1.92 bits per heavy atom. The van der Waals surface area contributed by atoms with Crippen molar-refractivity contribution in [1.82, 2.24) is 0 Å². The molecule has 3 aliphatic carbocycles. The summed E-state index contributed by atoms with van der Waals surface area (Å²) in [5.74, 6) is 0.938. The van der Waals surface area contributed by atoms with Gasteiger partial charge in [0.15, 0.2) is 0 Å². The van der Waals surface area contributed by atoms with Crippen molar-refractivity contribution in [3.05, 3.63) is 11.6 Å². The molecule has 0 aromatic rings. The van der Waals surface area contributed by atoms with Crippen molar-refractivity contribution in [2.75, 3.05) is 6.61 Å². The summed E-state index contributed by atoms with van der Waals surface area (Å²) in [5.41, 5.74) is 1.64. The largest absolute Gasteiger partial charge is 0.463 e. The molecule has 4 nitrogen and oxygen atoms in total. The van der Waals surface area contributed by atoms with Gasteiger partial charge in [0.05, 0.1) is 6.10 Å². The molecule has 3 atom stereocenters. The number of rotatable bonds is 11. The molecule has 2 bridgehead atoms. The first-order chi connectivity index (χ1) is 12.3. The van der Waals surface area contributed by atoms with E-state index in [2.05, 4.69) is 26.8 Å². The average Bonchev–Trinajstić information content (AvgIpc) is 2.60. The van der Waals surface area contributed by atoms with Crippen molar-refractivity contribution in [3.8, 4) is 0 Å². The van der Waals surface area contributed by atoms with E-state index >= 15 is 0 Å². The minimum absolute atomic E-state index is 0.0334. The van der Waals surface area contributed by atoms with Gasteiger partial charge in [0.1, 0.15) is 6.61 Å². The summed E-state index contributed by atoms with van der Waals surface area (Å²) in [4.78, 5) is 23.8. The summed E-state index contributed by atoms with van der Waals surface area (Å²) in [6.07, 6.45) is 9.97. The van der Waals surface area contributed by atoms with E-state index in [1.807, 2.05) is 6.92 Å². The van der Waals surface area contributed by atoms with Crippen molar-refractivity contribution >= 4 is 11.9 Å². The minimum atomic E-state index is -0.214. The third-order valence-corrected chi connectivity index (χ3v) is 6.29. The van der Waals surface area contributed by atoms with E-state index in [0.717, 1.165) is 25.2 Å². The minimum Gasteiger partial charge on any atom is -0.463 e. The van der Waals surface area contributed by atoms with Crippen LogP contribution in [0.1, 0.15) is 85.5 Å². The summed E-state index contributed by atoms with van der Waals surface area (Å²) in [6, 6.07) is 0. The number of fused-ring (bicyclic) bond motifs is 1. The molecular formula is C22H36O4. The summed E-state index contributed by atoms with van der Waals surface area (Å²) < 4.78 is 10.8. The Morgan fingerprint density at radius 3 is 2.58 bits per heavy atom. The van der Waals surface area contributed by atoms with Crippen molar-refractivity contribution in [3.63, 3.8) is 0 Å². The topological polar surface area (TPSA) is 52.6 Å². The molecule has 0 radical (unpaired) electrons. The highest BCUT2D eigenvalue weighted by atomic mass is 16.5. The Balaban J connectivity index is 1.56. The standard InChI is InChI=1S/C22H36O4/c1-5-6-7-9-16(2)26-21(24)11-8-10-20(23)25-15-17-12-13-18-14-19(17)22(18,3)4/h12,16,18-19H,5-11,13-15H2,1-4H3. The highest BCUT2D eigenvalue weighted by molar-refractivity contribution is 5.72. The number of allylic oxidation sites excluding steroid dienone is 1. The fourth-order valence-electron chi connectivity index (χ4n) is 4.28. The predicted octanol–water partition coefficient (Wildman–Crippen LogP) is 5.20. The molecule has 0 heterocycles. The molecule has 1 saturated carbocycles. The Hall–Kier alpha value is -1.32. The second-order valence-electron chi connectivity index (χ2n) is 8.63. The Kier molecular flexibility index (Phi) is 7.72. The van der Waals surface area contributed by atoms with E-state index in [4.69, 9.17) is 9.47 Å². The van der Waals surface area contributed by atoms with Crippen LogP contribution in [0.5, 0.6) is 0 Å². The first-order valence-electron chi connectivity index (χ1n) is 10.4. The van der Waals surface area contributed by atoms with Crippen LogP contribution in [0, 0.1) is 17.3 Å². The second-order valence-corrected chi connectivity index (χ2v) is 8.63. The van der Waals surface area contributed by atoms with Gasteiger partial charge in [-0.25, -0.2) is 0 Å². The van der Waals surface area contributed by atoms with Gasteiger partial charge in [-0.15, -0.1) is 0 Å². The van der Waals surface area contributed by atoms with Gasteiger partial charge in [0, 0.05) is 12.8 Å². The normalized spacial score (nSPS) is 24.2. The molecule has 0 aromatic heterocycles. The maximum atomic E-state index is 11.9. The van der Waals surface area contributed by atoms with Gasteiger partial charge in [0.2, 0.25) is 0 Å². The highest BCUT2D eigenvalue weighted by Crippen LogP contribution is 2.59. The molecule has 4 heteroatoms. The van der Waals surface area contributed by atoms with Crippen LogP contribution in [-0.4, -0.2) is 24.6 Å². The molecule has 3 rings (SSSR count). The van der Waals surface area contributed by atoms with Crippen LogP contribution >= 0.6 is 0 Å². The number of unbranched alkanes of at least 4 members (excludes halogenated alkanes) is 2. The lowest BCUT2D eigenvalue weighted by atomic mass is 9.49. The van der Waals surface area contributed by atoms with Crippen LogP contribution in [0.15, 0.2) is 11.6 Å². The third kappa shape index (κ3) is 5.59. The van der Waals surface area contributed by atoms with Gasteiger partial charge in [-0.2, -0.15) is 0 Å². The van der Waals surface area contributed by atoms with Crippen molar-refractivity contribution < 1.29 is 19.1 Å². The van der Waals surface area contributed by atoms with Crippen LogP contribution < -0.4 is 0 Å². The van der Waals surface area contributed by atoms with Crippen LogP contribution in [0.3, 0.4) is 0 Å². The Morgan fingerprint density at radius 1 is 1.19 bits per heavy atom. The van der Waals surface area contributed by atoms with E-state index in [-0.39, 0.29) is 30.9 Å². The molecule has 0 saturated heterocycles. The summed E-state index contributed by atoms with van der Waals surface area (Å²) >= 11 is 0. The van der Waals surface area contributed by atoms with Crippen molar-refractivity contribution in [1.29, 1.82) is 0 Å². The highest BCUT2D eigenvalue weighted by Gasteiger charge is 2.51. The van der Waals surface area contributed by atoms with E-state index in [1.165, 1.54) is 24.8 Å². The van der Waals surface area contributed by atoms with Gasteiger partial charge in [-0.3, -0.25) is 9.59 Å². The molecule has 1 fully saturated rings. The van der Waals surface area contributed by atoms with Gasteiger partial charge >= 0.3 is 11.9 Å². The van der Waals surface area contributed by atoms with Gasteiger partial charge in [-0.05, 0) is 61.9 Å². The number of hydrogen-bond donors (Lipinski definition) is 0. The van der Waals surface area contributed by atoms with E-state index in [9.17, 15) is 9.59 Å². The fourth-order valence-corrected chi connectivity index (χ4v) is 4.28. The lowest BCUT2D eigenvalue weighted by molar-refractivity contribution is -0.149. The van der Waals surface area contributed by atoms with Gasteiger partial charge in [0.25, 0.3) is 0 Å². The molecule has 26 heavy (non-hydrogen) atoms. The second kappa shape index (κ2) is 9.57. The Labute approximate surface area is 158 Å². The fraction of sp³-hybridized carbons (Fsp3) is 0.818. The summed E-state index contributed by atoms with van der Waals surface area (Å²) in [6.45, 7) is 9.14. The average molecular weight is 365 g/mol. The lowest BCUT2D eigenvalue weighted by Gasteiger charge is -2.56. The number of ether oxygens (including phenoxy) is 2. The zero-order chi connectivity index (χ0) is 19.2. The number of esters is 2. The number of hydrogen-bond acceptors (Lipinski definition) is 4. The maximum Gasteiger partial charge on any atom is 0.306 e. The number of carbonyl (C=O) groups is 2. The molecular weight excluding hydrogens is 328 g/mol. The molecule has 148 valence electrons. The van der Waals surface area contributed by atoms with E-state index < -0.39 is 0 Å².